The van der Waals surface area contributed by atoms with Crippen molar-refractivity contribution in [2.24, 2.45) is 11.7 Å². The van der Waals surface area contributed by atoms with Gasteiger partial charge in [0.25, 0.3) is 0 Å². The van der Waals surface area contributed by atoms with Crippen molar-refractivity contribution in [2.75, 3.05) is 0 Å². The maximum Gasteiger partial charge on any atom is 0.0123 e. The van der Waals surface area contributed by atoms with Crippen LogP contribution < -0.4 is 5.73 Å². The van der Waals surface area contributed by atoms with Gasteiger partial charge in [0.15, 0.2) is 0 Å². The number of halogens is 1. The van der Waals surface area contributed by atoms with Crippen molar-refractivity contribution in [1.82, 2.24) is 0 Å². The largest absolute Gasteiger partial charge is 0.325 e. The van der Waals surface area contributed by atoms with Crippen LogP contribution in [0.25, 0.3) is 0 Å². The van der Waals surface area contributed by atoms with Gasteiger partial charge in [-0.05, 0) is 26.2 Å². The predicted molar refractivity (Wildman–Crippen MR) is 99.3 cm³/mol. The van der Waals surface area contributed by atoms with Crippen LogP contribution in [0.3, 0.4) is 0 Å². The van der Waals surface area contributed by atoms with Gasteiger partial charge in [0, 0.05) is 5.54 Å². The van der Waals surface area contributed by atoms with E-state index in [0.717, 1.165) is 0 Å². The maximum absolute atomic E-state index is 6.10. The van der Waals surface area contributed by atoms with Gasteiger partial charge in [-0.15, -0.1) is 24.0 Å². The highest BCUT2D eigenvalue weighted by molar-refractivity contribution is 14.0. The van der Waals surface area contributed by atoms with Gasteiger partial charge in [0.2, 0.25) is 0 Å². The number of rotatable bonds is 12. The van der Waals surface area contributed by atoms with E-state index in [1.165, 1.54) is 70.6 Å². The molecule has 118 valence electrons. The van der Waals surface area contributed by atoms with Crippen LogP contribution in [0, 0.1) is 5.92 Å². The van der Waals surface area contributed by atoms with Crippen LogP contribution in [0.1, 0.15) is 98.3 Å². The molecule has 0 aliphatic carbocycles. The van der Waals surface area contributed by atoms with Crippen LogP contribution in [0.15, 0.2) is 0 Å². The van der Waals surface area contributed by atoms with E-state index in [0.29, 0.717) is 5.92 Å². The van der Waals surface area contributed by atoms with Crippen molar-refractivity contribution in [2.45, 2.75) is 104 Å². The Hall–Kier alpha value is 0.690. The minimum atomic E-state index is -0.000717. The van der Waals surface area contributed by atoms with Gasteiger partial charge in [-0.3, -0.25) is 0 Å². The van der Waals surface area contributed by atoms with E-state index >= 15 is 0 Å². The Bertz CT molecular complexity index is 175. The van der Waals surface area contributed by atoms with Crippen LogP contribution >= 0.6 is 24.0 Å². The Morgan fingerprint density at radius 3 is 1.53 bits per heavy atom. The summed E-state index contributed by atoms with van der Waals surface area (Å²) in [6.45, 7) is 8.86. The molecule has 0 saturated heterocycles. The maximum atomic E-state index is 6.10. The molecular formula is C17H38IN. The first kappa shape index (κ1) is 22.0. The van der Waals surface area contributed by atoms with Gasteiger partial charge >= 0.3 is 0 Å². The third kappa shape index (κ3) is 14.9. The average Bonchev–Trinajstić information content (AvgIpc) is 2.30. The van der Waals surface area contributed by atoms with Crippen LogP contribution in [-0.2, 0) is 0 Å². The summed E-state index contributed by atoms with van der Waals surface area (Å²) in [5.74, 6) is 0.645. The van der Waals surface area contributed by atoms with Gasteiger partial charge in [-0.25, -0.2) is 0 Å². The number of hydrogen-bond acceptors (Lipinski definition) is 1. The predicted octanol–water partition coefficient (Wildman–Crippen LogP) is 6.29. The van der Waals surface area contributed by atoms with Gasteiger partial charge in [0.1, 0.15) is 0 Å². The van der Waals surface area contributed by atoms with E-state index in [2.05, 4.69) is 27.7 Å². The summed E-state index contributed by atoms with van der Waals surface area (Å²) < 4.78 is 0. The number of unbranched alkanes of at least 4 members (excludes halogenated alkanes) is 9. The summed E-state index contributed by atoms with van der Waals surface area (Å²) in [7, 11) is 0. The Kier molecular flexibility index (Phi) is 15.8. The van der Waals surface area contributed by atoms with E-state index in [-0.39, 0.29) is 29.5 Å². The zero-order chi connectivity index (χ0) is 13.9. The molecule has 0 aliphatic heterocycles. The highest BCUT2D eigenvalue weighted by Crippen LogP contribution is 2.20. The van der Waals surface area contributed by atoms with E-state index in [1.54, 1.807) is 0 Å². The molecule has 0 rings (SSSR count). The van der Waals surface area contributed by atoms with Crippen molar-refractivity contribution in [3.63, 3.8) is 0 Å². The minimum Gasteiger partial charge on any atom is -0.325 e. The summed E-state index contributed by atoms with van der Waals surface area (Å²) in [5, 5.41) is 0. The van der Waals surface area contributed by atoms with Crippen LogP contribution in [0.2, 0.25) is 0 Å². The van der Waals surface area contributed by atoms with Crippen LogP contribution in [-0.4, -0.2) is 5.54 Å². The monoisotopic (exact) mass is 383 g/mol. The fraction of sp³-hybridized carbons (Fsp3) is 1.00. The molecule has 1 atom stereocenters. The van der Waals surface area contributed by atoms with Crippen molar-refractivity contribution in [1.29, 1.82) is 0 Å². The van der Waals surface area contributed by atoms with Crippen molar-refractivity contribution in [3.8, 4) is 0 Å². The highest BCUT2D eigenvalue weighted by Gasteiger charge is 2.19. The molecule has 1 unspecified atom stereocenters. The molecule has 0 bridgehead atoms. The van der Waals surface area contributed by atoms with E-state index in [4.69, 9.17) is 5.73 Å². The van der Waals surface area contributed by atoms with E-state index < -0.39 is 0 Å². The standard InChI is InChI=1S/C17H37N.HI/c1-5-6-7-8-9-10-11-12-13-14-15-16(2)17(3,4)18;/h16H,5-15,18H2,1-4H3;1H. The second-order valence-electron chi connectivity index (χ2n) is 6.69. The summed E-state index contributed by atoms with van der Waals surface area (Å²) >= 11 is 0. The molecule has 0 aliphatic rings. The Morgan fingerprint density at radius 1 is 0.789 bits per heavy atom. The second kappa shape index (κ2) is 13.7. The van der Waals surface area contributed by atoms with Gasteiger partial charge in [-0.1, -0.05) is 78.1 Å². The fourth-order valence-electron chi connectivity index (χ4n) is 2.31. The van der Waals surface area contributed by atoms with E-state index in [1.807, 2.05) is 0 Å². The molecule has 0 fully saturated rings. The zero-order valence-corrected chi connectivity index (χ0v) is 16.2. The lowest BCUT2D eigenvalue weighted by Gasteiger charge is -2.27. The third-order valence-corrected chi connectivity index (χ3v) is 4.26. The molecule has 19 heavy (non-hydrogen) atoms. The summed E-state index contributed by atoms with van der Waals surface area (Å²) in [6.07, 6.45) is 15.5. The molecule has 2 N–H and O–H groups in total. The zero-order valence-electron chi connectivity index (χ0n) is 13.8. The Labute approximate surface area is 139 Å². The fourth-order valence-corrected chi connectivity index (χ4v) is 2.31. The minimum absolute atomic E-state index is 0. The van der Waals surface area contributed by atoms with Gasteiger partial charge in [0.05, 0.1) is 0 Å². The average molecular weight is 383 g/mol. The first-order valence-electron chi connectivity index (χ1n) is 8.27. The first-order valence-corrected chi connectivity index (χ1v) is 8.27. The molecular weight excluding hydrogens is 345 g/mol. The molecule has 0 saturated carbocycles. The lowest BCUT2D eigenvalue weighted by molar-refractivity contribution is 0.316. The topological polar surface area (TPSA) is 26.0 Å². The van der Waals surface area contributed by atoms with Crippen LogP contribution in [0.4, 0.5) is 0 Å². The summed E-state index contributed by atoms with van der Waals surface area (Å²) in [6, 6.07) is 0. The second-order valence-corrected chi connectivity index (χ2v) is 6.69. The Morgan fingerprint density at radius 2 is 1.16 bits per heavy atom. The Balaban J connectivity index is 0. The quantitative estimate of drug-likeness (QED) is 0.311. The third-order valence-electron chi connectivity index (χ3n) is 4.26. The van der Waals surface area contributed by atoms with Crippen molar-refractivity contribution >= 4 is 24.0 Å². The molecule has 1 nitrogen and oxygen atoms in total. The molecule has 0 aromatic carbocycles. The highest BCUT2D eigenvalue weighted by atomic mass is 127. The lowest BCUT2D eigenvalue weighted by Crippen LogP contribution is -2.39. The SMILES string of the molecule is CCCCCCCCCCCCC(C)C(C)(C)N.I. The number of hydrogen-bond donors (Lipinski definition) is 1. The lowest BCUT2D eigenvalue weighted by atomic mass is 9.86. The van der Waals surface area contributed by atoms with Crippen LogP contribution in [0.5, 0.6) is 0 Å². The normalized spacial score (nSPS) is 13.1. The molecule has 2 heteroatoms. The van der Waals surface area contributed by atoms with Crippen molar-refractivity contribution < 1.29 is 0 Å². The molecule has 0 aromatic rings. The summed E-state index contributed by atoms with van der Waals surface area (Å²) in [4.78, 5) is 0. The van der Waals surface area contributed by atoms with E-state index in [9.17, 15) is 0 Å². The number of nitrogens with two attached hydrogens (primary N) is 1. The smallest absolute Gasteiger partial charge is 0.0123 e. The molecule has 0 aromatic heterocycles. The van der Waals surface area contributed by atoms with Gasteiger partial charge < -0.3 is 5.73 Å². The van der Waals surface area contributed by atoms with Gasteiger partial charge in [-0.2, -0.15) is 0 Å². The molecule has 0 heterocycles. The molecule has 0 radical (unpaired) electrons. The van der Waals surface area contributed by atoms with Crippen molar-refractivity contribution in [3.05, 3.63) is 0 Å². The first-order chi connectivity index (χ1) is 8.48. The molecule has 0 amide bonds. The summed E-state index contributed by atoms with van der Waals surface area (Å²) in [5.41, 5.74) is 6.10. The molecule has 0 spiro atoms.